The average molecular weight is 293 g/mol. The Morgan fingerprint density at radius 2 is 2.15 bits per heavy atom. The summed E-state index contributed by atoms with van der Waals surface area (Å²) in [5.74, 6) is 1.11. The molecule has 5 nitrogen and oxygen atoms in total. The van der Waals surface area contributed by atoms with Crippen molar-refractivity contribution in [3.8, 4) is 0 Å². The summed E-state index contributed by atoms with van der Waals surface area (Å²) in [7, 11) is 0. The van der Waals surface area contributed by atoms with Gasteiger partial charge in [-0.1, -0.05) is 17.7 Å². The Hall–Kier alpha value is -1.59. The number of H-pyrrole nitrogens is 1. The Kier molecular flexibility index (Phi) is 3.89. The van der Waals surface area contributed by atoms with E-state index in [1.54, 1.807) is 18.2 Å². The van der Waals surface area contributed by atoms with Crippen molar-refractivity contribution in [3.63, 3.8) is 0 Å². The number of nitrogens with zero attached hydrogens (tertiary/aromatic N) is 1. The third-order valence-electron chi connectivity index (χ3n) is 3.70. The molecule has 0 atom stereocenters. The van der Waals surface area contributed by atoms with Gasteiger partial charge in [0.15, 0.2) is 0 Å². The Bertz CT molecular complexity index is 664. The number of fused-ring (bicyclic) bond motifs is 1. The Morgan fingerprint density at radius 1 is 1.35 bits per heavy atom. The van der Waals surface area contributed by atoms with Gasteiger partial charge in [-0.15, -0.1) is 0 Å². The van der Waals surface area contributed by atoms with Crippen LogP contribution in [-0.4, -0.2) is 29.6 Å². The van der Waals surface area contributed by atoms with Gasteiger partial charge in [0, 0.05) is 6.54 Å². The summed E-state index contributed by atoms with van der Waals surface area (Å²) in [5, 5.41) is 7.57. The van der Waals surface area contributed by atoms with Gasteiger partial charge in [0.2, 0.25) is 5.95 Å². The fourth-order valence-electron chi connectivity index (χ4n) is 2.54. The minimum Gasteiger partial charge on any atom is -0.355 e. The van der Waals surface area contributed by atoms with Crippen molar-refractivity contribution in [1.82, 2.24) is 15.3 Å². The van der Waals surface area contributed by atoms with Crippen molar-refractivity contribution >= 4 is 28.5 Å². The minimum atomic E-state index is -0.162. The third kappa shape index (κ3) is 2.78. The number of aromatic nitrogens is 2. The van der Waals surface area contributed by atoms with E-state index in [0.29, 0.717) is 27.8 Å². The van der Waals surface area contributed by atoms with Gasteiger partial charge >= 0.3 is 0 Å². The summed E-state index contributed by atoms with van der Waals surface area (Å²) < 4.78 is 0. The molecular formula is C14H17ClN4O. The van der Waals surface area contributed by atoms with E-state index >= 15 is 0 Å². The number of hydrogen-bond donors (Lipinski definition) is 3. The lowest BCUT2D eigenvalue weighted by Gasteiger charge is -2.22. The molecule has 0 bridgehead atoms. The molecule has 2 aromatic rings. The molecule has 1 aliphatic heterocycles. The van der Waals surface area contributed by atoms with E-state index in [0.717, 1.165) is 32.5 Å². The van der Waals surface area contributed by atoms with Crippen LogP contribution in [-0.2, 0) is 0 Å². The van der Waals surface area contributed by atoms with Gasteiger partial charge in [-0.05, 0) is 44.0 Å². The van der Waals surface area contributed by atoms with Crippen molar-refractivity contribution in [3.05, 3.63) is 33.6 Å². The van der Waals surface area contributed by atoms with E-state index in [2.05, 4.69) is 20.6 Å². The van der Waals surface area contributed by atoms with Crippen molar-refractivity contribution < 1.29 is 0 Å². The second-order valence-corrected chi connectivity index (χ2v) is 5.53. The smallest absolute Gasteiger partial charge is 0.260 e. The molecule has 1 aliphatic rings. The molecule has 0 aliphatic carbocycles. The highest BCUT2D eigenvalue weighted by Gasteiger charge is 2.13. The normalized spacial score (nSPS) is 16.4. The first kappa shape index (κ1) is 13.4. The predicted molar refractivity (Wildman–Crippen MR) is 81.5 cm³/mol. The lowest BCUT2D eigenvalue weighted by molar-refractivity contribution is 0.389. The summed E-state index contributed by atoms with van der Waals surface area (Å²) in [6, 6.07) is 5.22. The van der Waals surface area contributed by atoms with E-state index in [1.165, 1.54) is 0 Å². The highest BCUT2D eigenvalue weighted by atomic mass is 35.5. The molecule has 3 N–H and O–H groups in total. The summed E-state index contributed by atoms with van der Waals surface area (Å²) in [4.78, 5) is 19.2. The fourth-order valence-corrected chi connectivity index (χ4v) is 2.75. The van der Waals surface area contributed by atoms with E-state index in [1.807, 2.05) is 0 Å². The first-order valence-corrected chi connectivity index (χ1v) is 7.25. The van der Waals surface area contributed by atoms with Gasteiger partial charge in [-0.2, -0.15) is 0 Å². The van der Waals surface area contributed by atoms with Crippen LogP contribution in [0.3, 0.4) is 0 Å². The van der Waals surface area contributed by atoms with Crippen LogP contribution in [0.1, 0.15) is 12.8 Å². The monoisotopic (exact) mass is 292 g/mol. The number of benzene rings is 1. The average Bonchev–Trinajstić information content (AvgIpc) is 2.47. The van der Waals surface area contributed by atoms with Crippen LogP contribution in [0.25, 0.3) is 10.9 Å². The largest absolute Gasteiger partial charge is 0.355 e. The molecule has 0 saturated carbocycles. The lowest BCUT2D eigenvalue weighted by Crippen LogP contribution is -2.31. The van der Waals surface area contributed by atoms with Gasteiger partial charge in [0.1, 0.15) is 0 Å². The number of para-hydroxylation sites is 1. The second kappa shape index (κ2) is 5.81. The molecule has 6 heteroatoms. The number of aromatic amines is 1. The van der Waals surface area contributed by atoms with Gasteiger partial charge in [-0.25, -0.2) is 4.98 Å². The quantitative estimate of drug-likeness (QED) is 0.809. The zero-order chi connectivity index (χ0) is 13.9. The van der Waals surface area contributed by atoms with E-state index in [9.17, 15) is 4.79 Å². The summed E-state index contributed by atoms with van der Waals surface area (Å²) in [5.41, 5.74) is 0.385. The molecule has 20 heavy (non-hydrogen) atoms. The minimum absolute atomic E-state index is 0.162. The second-order valence-electron chi connectivity index (χ2n) is 5.12. The van der Waals surface area contributed by atoms with Crippen LogP contribution in [0.5, 0.6) is 0 Å². The van der Waals surface area contributed by atoms with Crippen molar-refractivity contribution in [1.29, 1.82) is 0 Å². The summed E-state index contributed by atoms with van der Waals surface area (Å²) in [6.45, 7) is 2.93. The summed E-state index contributed by atoms with van der Waals surface area (Å²) in [6.07, 6.45) is 2.29. The predicted octanol–water partition coefficient (Wildman–Crippen LogP) is 1.99. The Labute approximate surface area is 121 Å². The SMILES string of the molecule is O=c1[nH]c(NCC2CCNCC2)nc2c(Cl)cccc12. The molecule has 1 aromatic carbocycles. The van der Waals surface area contributed by atoms with Crippen molar-refractivity contribution in [2.24, 2.45) is 5.92 Å². The van der Waals surface area contributed by atoms with Gasteiger partial charge in [-0.3, -0.25) is 9.78 Å². The number of anilines is 1. The first-order valence-electron chi connectivity index (χ1n) is 6.87. The van der Waals surface area contributed by atoms with Gasteiger partial charge < -0.3 is 10.6 Å². The molecule has 0 spiro atoms. The van der Waals surface area contributed by atoms with Gasteiger partial charge in [0.25, 0.3) is 5.56 Å². The molecule has 1 fully saturated rings. The highest BCUT2D eigenvalue weighted by Crippen LogP contribution is 2.19. The van der Waals surface area contributed by atoms with Gasteiger partial charge in [0.05, 0.1) is 15.9 Å². The molecule has 1 saturated heterocycles. The van der Waals surface area contributed by atoms with Crippen LogP contribution >= 0.6 is 11.6 Å². The van der Waals surface area contributed by atoms with Crippen LogP contribution in [0.15, 0.2) is 23.0 Å². The Balaban J connectivity index is 1.81. The molecule has 2 heterocycles. The number of rotatable bonds is 3. The molecule has 0 amide bonds. The third-order valence-corrected chi connectivity index (χ3v) is 4.01. The van der Waals surface area contributed by atoms with Crippen LogP contribution in [0, 0.1) is 5.92 Å². The van der Waals surface area contributed by atoms with Crippen molar-refractivity contribution in [2.75, 3.05) is 25.0 Å². The number of nitrogens with one attached hydrogen (secondary N) is 3. The highest BCUT2D eigenvalue weighted by molar-refractivity contribution is 6.35. The fraction of sp³-hybridized carbons (Fsp3) is 0.429. The molecule has 106 valence electrons. The van der Waals surface area contributed by atoms with E-state index in [-0.39, 0.29) is 5.56 Å². The van der Waals surface area contributed by atoms with Crippen LogP contribution in [0.2, 0.25) is 5.02 Å². The number of halogens is 1. The van der Waals surface area contributed by atoms with Crippen LogP contribution < -0.4 is 16.2 Å². The number of hydrogen-bond acceptors (Lipinski definition) is 4. The van der Waals surface area contributed by atoms with Crippen molar-refractivity contribution in [2.45, 2.75) is 12.8 Å². The lowest BCUT2D eigenvalue weighted by atomic mass is 9.98. The maximum Gasteiger partial charge on any atom is 0.260 e. The topological polar surface area (TPSA) is 69.8 Å². The molecule has 0 unspecified atom stereocenters. The standard InChI is InChI=1S/C14H17ClN4O/c15-11-3-1-2-10-12(11)18-14(19-13(10)20)17-8-9-4-6-16-7-5-9/h1-3,9,16H,4-8H2,(H2,17,18,19,20). The Morgan fingerprint density at radius 3 is 2.95 bits per heavy atom. The van der Waals surface area contributed by atoms with E-state index < -0.39 is 0 Å². The zero-order valence-corrected chi connectivity index (χ0v) is 11.8. The molecule has 1 aromatic heterocycles. The van der Waals surface area contributed by atoms with E-state index in [4.69, 9.17) is 11.6 Å². The number of piperidine rings is 1. The maximum absolute atomic E-state index is 12.0. The molecule has 0 radical (unpaired) electrons. The summed E-state index contributed by atoms with van der Waals surface area (Å²) >= 11 is 6.10. The molecular weight excluding hydrogens is 276 g/mol. The zero-order valence-electron chi connectivity index (χ0n) is 11.1. The molecule has 3 rings (SSSR count). The van der Waals surface area contributed by atoms with Crippen LogP contribution in [0.4, 0.5) is 5.95 Å². The first-order chi connectivity index (χ1) is 9.74. The maximum atomic E-state index is 12.0.